The van der Waals surface area contributed by atoms with Gasteiger partial charge in [-0.25, -0.2) is 10.3 Å². The van der Waals surface area contributed by atoms with Crippen LogP contribution in [0.25, 0.3) is 22.0 Å². The lowest BCUT2D eigenvalue weighted by Gasteiger charge is -2.44. The van der Waals surface area contributed by atoms with Crippen molar-refractivity contribution in [2.45, 2.75) is 51.6 Å². The molecule has 6 heteroatoms. The number of hydrogen-bond acceptors (Lipinski definition) is 4. The second-order valence-electron chi connectivity index (χ2n) is 9.16. The maximum Gasteiger partial charge on any atom is 0.341 e. The molecule has 2 aliphatic heterocycles. The first-order valence-corrected chi connectivity index (χ1v) is 11.9. The number of aromatic nitrogens is 1. The number of nitrogens with zero attached hydrogens (tertiary/aromatic N) is 2. The third-order valence-electron chi connectivity index (χ3n) is 7.00. The number of rotatable bonds is 4. The fourth-order valence-electron chi connectivity index (χ4n) is 5.04. The van der Waals surface area contributed by atoms with Crippen LogP contribution in [0, 0.1) is 6.92 Å². The van der Waals surface area contributed by atoms with Crippen LogP contribution < -0.4 is 10.2 Å². The Bertz CT molecular complexity index is 1170. The molecule has 0 unspecified atom stereocenters. The highest BCUT2D eigenvalue weighted by Crippen LogP contribution is 2.41. The molecule has 172 valence electrons. The van der Waals surface area contributed by atoms with E-state index in [2.05, 4.69) is 53.8 Å². The number of carbonyl (C=O) groups is 1. The van der Waals surface area contributed by atoms with Gasteiger partial charge < -0.3 is 9.64 Å². The van der Waals surface area contributed by atoms with Crippen molar-refractivity contribution in [2.75, 3.05) is 19.7 Å². The summed E-state index contributed by atoms with van der Waals surface area (Å²) < 4.78 is 6.58. The molecule has 1 fully saturated rings. The number of ether oxygens (including phenoxy) is 1. The molecule has 0 bridgehead atoms. The van der Waals surface area contributed by atoms with E-state index in [4.69, 9.17) is 9.57 Å². The van der Waals surface area contributed by atoms with Gasteiger partial charge in [-0.15, -0.1) is 0 Å². The van der Waals surface area contributed by atoms with Crippen molar-refractivity contribution >= 4 is 16.9 Å². The number of amides is 2. The summed E-state index contributed by atoms with van der Waals surface area (Å²) >= 11 is 0. The lowest BCUT2D eigenvalue weighted by atomic mass is 9.82. The molecule has 0 aliphatic carbocycles. The molecule has 1 aromatic heterocycles. The van der Waals surface area contributed by atoms with Gasteiger partial charge in [0.1, 0.15) is 11.4 Å². The van der Waals surface area contributed by atoms with Crippen molar-refractivity contribution in [3.05, 3.63) is 59.8 Å². The molecule has 0 atom stereocenters. The molecule has 2 amide bonds. The maximum absolute atomic E-state index is 12.3. The molecule has 1 spiro atoms. The van der Waals surface area contributed by atoms with E-state index in [0.717, 1.165) is 43.4 Å². The number of carbonyl (C=O) groups excluding carboxylic acids is 1. The number of nitrogens with one attached hydrogen (secondary N) is 1. The Hall–Kier alpha value is -3.12. The van der Waals surface area contributed by atoms with E-state index >= 15 is 0 Å². The third-order valence-corrected chi connectivity index (χ3v) is 7.00. The predicted molar refractivity (Wildman–Crippen MR) is 129 cm³/mol. The van der Waals surface area contributed by atoms with Crippen LogP contribution in [0.5, 0.6) is 5.75 Å². The number of hydrogen-bond donors (Lipinski definition) is 1. The SMILES string of the molecule is CCCONC(=O)N1CCC2(CCc3cc(-c4ccc5cccnc5c4C)ccc3O2)CC1. The number of likely N-dealkylation sites (tertiary alicyclic amines) is 1. The average molecular weight is 446 g/mol. The molecule has 33 heavy (non-hydrogen) atoms. The van der Waals surface area contributed by atoms with Gasteiger partial charge in [-0.05, 0) is 66.6 Å². The third kappa shape index (κ3) is 4.27. The smallest absolute Gasteiger partial charge is 0.341 e. The first-order chi connectivity index (χ1) is 16.1. The second kappa shape index (κ2) is 9.02. The van der Waals surface area contributed by atoms with Crippen LogP contribution in [0.2, 0.25) is 0 Å². The van der Waals surface area contributed by atoms with Crippen LogP contribution >= 0.6 is 0 Å². The summed E-state index contributed by atoms with van der Waals surface area (Å²) in [5.41, 5.74) is 8.29. The Labute approximate surface area is 194 Å². The van der Waals surface area contributed by atoms with Crippen molar-refractivity contribution < 1.29 is 14.4 Å². The lowest BCUT2D eigenvalue weighted by molar-refractivity contribution is -0.0138. The molecule has 6 nitrogen and oxygen atoms in total. The predicted octanol–water partition coefficient (Wildman–Crippen LogP) is 5.42. The highest BCUT2D eigenvalue weighted by molar-refractivity contribution is 5.88. The van der Waals surface area contributed by atoms with Gasteiger partial charge in [0.15, 0.2) is 0 Å². The minimum atomic E-state index is -0.182. The average Bonchev–Trinajstić information content (AvgIpc) is 2.85. The monoisotopic (exact) mass is 445 g/mol. The van der Waals surface area contributed by atoms with Crippen molar-refractivity contribution in [1.29, 1.82) is 0 Å². The molecular formula is C27H31N3O3. The van der Waals surface area contributed by atoms with Gasteiger partial charge in [0, 0.05) is 37.5 Å². The number of hydroxylamine groups is 1. The maximum atomic E-state index is 12.3. The van der Waals surface area contributed by atoms with Gasteiger partial charge >= 0.3 is 6.03 Å². The van der Waals surface area contributed by atoms with Gasteiger partial charge in [0.05, 0.1) is 12.1 Å². The van der Waals surface area contributed by atoms with Crippen LogP contribution in [0.4, 0.5) is 4.79 Å². The Kier molecular flexibility index (Phi) is 5.94. The number of aryl methyl sites for hydroxylation is 2. The van der Waals surface area contributed by atoms with Gasteiger partial charge in [0.2, 0.25) is 0 Å². The fourth-order valence-corrected chi connectivity index (χ4v) is 5.04. The van der Waals surface area contributed by atoms with E-state index in [1.165, 1.54) is 27.6 Å². The fraction of sp³-hybridized carbons (Fsp3) is 0.407. The summed E-state index contributed by atoms with van der Waals surface area (Å²) in [6.45, 7) is 6.04. The standard InChI is InChI=1S/C27H31N3O3/c1-3-17-32-29-26(31)30-15-12-27(13-16-30)11-10-22-18-21(7-9-24(22)33-27)23-8-6-20-5-4-14-28-25(20)19(23)2/h4-9,14,18H,3,10-13,15-17H2,1-2H3,(H,29,31). The van der Waals surface area contributed by atoms with Crippen molar-refractivity contribution in [3.63, 3.8) is 0 Å². The summed E-state index contributed by atoms with van der Waals surface area (Å²) in [6.07, 6.45) is 6.36. The first-order valence-electron chi connectivity index (χ1n) is 11.9. The molecule has 1 saturated heterocycles. The number of urea groups is 1. The zero-order valence-electron chi connectivity index (χ0n) is 19.4. The Balaban J connectivity index is 1.29. The van der Waals surface area contributed by atoms with Crippen LogP contribution in [-0.2, 0) is 11.3 Å². The summed E-state index contributed by atoms with van der Waals surface area (Å²) in [5, 5.41) is 1.17. The number of fused-ring (bicyclic) bond motifs is 2. The summed E-state index contributed by atoms with van der Waals surface area (Å²) in [7, 11) is 0. The Morgan fingerprint density at radius 1 is 1.18 bits per heavy atom. The molecular weight excluding hydrogens is 414 g/mol. The highest BCUT2D eigenvalue weighted by atomic mass is 16.7. The highest BCUT2D eigenvalue weighted by Gasteiger charge is 2.40. The molecule has 2 aliphatic rings. The summed E-state index contributed by atoms with van der Waals surface area (Å²) in [4.78, 5) is 23.9. The summed E-state index contributed by atoms with van der Waals surface area (Å²) in [5.74, 6) is 0.978. The molecule has 0 radical (unpaired) electrons. The van der Waals surface area contributed by atoms with Crippen LogP contribution in [-0.4, -0.2) is 41.2 Å². The molecule has 5 rings (SSSR count). The lowest BCUT2D eigenvalue weighted by Crippen LogP contribution is -2.53. The zero-order valence-corrected chi connectivity index (χ0v) is 19.4. The quantitative estimate of drug-likeness (QED) is 0.430. The zero-order chi connectivity index (χ0) is 22.8. The molecule has 3 heterocycles. The second-order valence-corrected chi connectivity index (χ2v) is 9.16. The van der Waals surface area contributed by atoms with Crippen LogP contribution in [0.3, 0.4) is 0 Å². The van der Waals surface area contributed by atoms with Gasteiger partial charge in [-0.2, -0.15) is 0 Å². The van der Waals surface area contributed by atoms with Gasteiger partial charge in [-0.3, -0.25) is 9.82 Å². The topological polar surface area (TPSA) is 63.7 Å². The Morgan fingerprint density at radius 3 is 2.85 bits per heavy atom. The molecule has 0 saturated carbocycles. The first kappa shape index (κ1) is 21.7. The van der Waals surface area contributed by atoms with Gasteiger partial charge in [0.25, 0.3) is 0 Å². The number of pyridine rings is 1. The number of piperidine rings is 1. The van der Waals surface area contributed by atoms with Crippen LogP contribution in [0.15, 0.2) is 48.7 Å². The van der Waals surface area contributed by atoms with E-state index in [1.54, 1.807) is 0 Å². The molecule has 3 aromatic rings. The van der Waals surface area contributed by atoms with E-state index in [9.17, 15) is 4.79 Å². The van der Waals surface area contributed by atoms with Crippen molar-refractivity contribution in [2.24, 2.45) is 0 Å². The largest absolute Gasteiger partial charge is 0.487 e. The minimum Gasteiger partial charge on any atom is -0.487 e. The van der Waals surface area contributed by atoms with E-state index < -0.39 is 0 Å². The van der Waals surface area contributed by atoms with E-state index in [0.29, 0.717) is 19.7 Å². The Morgan fingerprint density at radius 2 is 2.03 bits per heavy atom. The van der Waals surface area contributed by atoms with Crippen molar-refractivity contribution in [3.8, 4) is 16.9 Å². The molecule has 1 N–H and O–H groups in total. The van der Waals surface area contributed by atoms with Crippen LogP contribution in [0.1, 0.15) is 43.7 Å². The van der Waals surface area contributed by atoms with E-state index in [-0.39, 0.29) is 11.6 Å². The van der Waals surface area contributed by atoms with Gasteiger partial charge in [-0.1, -0.05) is 31.2 Å². The molecule has 2 aromatic carbocycles. The minimum absolute atomic E-state index is 0.153. The van der Waals surface area contributed by atoms with E-state index in [1.807, 2.05) is 24.1 Å². The summed E-state index contributed by atoms with van der Waals surface area (Å²) in [6, 6.07) is 14.8. The number of benzene rings is 2. The normalized spacial score (nSPS) is 17.0. The van der Waals surface area contributed by atoms with Crippen molar-refractivity contribution in [1.82, 2.24) is 15.4 Å².